The summed E-state index contributed by atoms with van der Waals surface area (Å²) in [6, 6.07) is 5.27. The normalized spacial score (nSPS) is 13.4. The van der Waals surface area contributed by atoms with Gasteiger partial charge in [0.1, 0.15) is 30.3 Å². The van der Waals surface area contributed by atoms with Gasteiger partial charge in [-0.3, -0.25) is 24.0 Å². The molecule has 13 heteroatoms. The molecule has 0 aliphatic heterocycles. The second kappa shape index (κ2) is 16.2. The number of benzene rings is 1. The van der Waals surface area contributed by atoms with Crippen LogP contribution in [0, 0.1) is 11.8 Å². The Kier molecular flexibility index (Phi) is 13.8. The Morgan fingerprint density at radius 1 is 0.805 bits per heavy atom. The van der Waals surface area contributed by atoms with Gasteiger partial charge < -0.3 is 36.5 Å². The van der Waals surface area contributed by atoms with Crippen molar-refractivity contribution < 1.29 is 38.2 Å². The van der Waals surface area contributed by atoms with Crippen molar-refractivity contribution in [3.8, 4) is 0 Å². The number of amides is 5. The van der Waals surface area contributed by atoms with Crippen LogP contribution in [0.5, 0.6) is 0 Å². The monoisotopic (exact) mass is 577 g/mol. The molecular weight excluding hydrogens is 534 g/mol. The minimum absolute atomic E-state index is 0.0706. The lowest BCUT2D eigenvalue weighted by molar-refractivity contribution is -0.156. The highest BCUT2D eigenvalue weighted by Crippen LogP contribution is 2.12. The topological polar surface area (TPSA) is 195 Å². The summed E-state index contributed by atoms with van der Waals surface area (Å²) in [5.74, 6) is -4.44. The number of nitrogens with two attached hydrogens (primary N) is 1. The van der Waals surface area contributed by atoms with Gasteiger partial charge >= 0.3 is 12.1 Å². The fourth-order valence-corrected chi connectivity index (χ4v) is 3.52. The molecule has 0 bridgehead atoms. The molecule has 0 aliphatic carbocycles. The molecule has 0 unspecified atom stereocenters. The van der Waals surface area contributed by atoms with Gasteiger partial charge in [-0.05, 0) is 38.2 Å². The van der Waals surface area contributed by atoms with Crippen LogP contribution in [-0.2, 0) is 40.1 Å². The first-order chi connectivity index (χ1) is 19.0. The van der Waals surface area contributed by atoms with Crippen LogP contribution in [0.25, 0.3) is 0 Å². The highest BCUT2D eigenvalue weighted by molar-refractivity contribution is 5.95. The Labute approximate surface area is 240 Å². The van der Waals surface area contributed by atoms with E-state index in [0.717, 1.165) is 0 Å². The first kappa shape index (κ1) is 34.9. The van der Waals surface area contributed by atoms with Gasteiger partial charge in [0.05, 0.1) is 13.0 Å². The molecule has 0 saturated heterocycles. The molecule has 3 atom stereocenters. The summed E-state index contributed by atoms with van der Waals surface area (Å²) in [5.41, 5.74) is 4.95. The van der Waals surface area contributed by atoms with Crippen LogP contribution in [0.3, 0.4) is 0 Å². The molecule has 5 amide bonds. The molecule has 0 aromatic heterocycles. The predicted molar refractivity (Wildman–Crippen MR) is 150 cm³/mol. The lowest BCUT2D eigenvalue weighted by Crippen LogP contribution is -2.59. The van der Waals surface area contributed by atoms with Gasteiger partial charge in [-0.15, -0.1) is 0 Å². The molecule has 6 N–H and O–H groups in total. The predicted octanol–water partition coefficient (Wildman–Crippen LogP) is 0.896. The summed E-state index contributed by atoms with van der Waals surface area (Å²) in [5, 5.41) is 9.89. The molecule has 41 heavy (non-hydrogen) atoms. The molecule has 0 spiro atoms. The zero-order chi connectivity index (χ0) is 31.3. The largest absolute Gasteiger partial charge is 0.460 e. The summed E-state index contributed by atoms with van der Waals surface area (Å²) in [6.07, 6.45) is -1.48. The highest BCUT2D eigenvalue weighted by Gasteiger charge is 2.34. The lowest BCUT2D eigenvalue weighted by Gasteiger charge is -2.28. The standard InChI is InChI=1S/C28H43N5O8/c1-16(2)22(25(37)30-14-20(29)34)33-26(38)23(17(3)4)32-24(36)19(13-21(35)41-28(5,6)7)31-27(39)40-15-18-11-9-8-10-12-18/h8-12,16-17,19,22-23H,13-15H2,1-7H3,(H2,29,34)(H,30,37)(H,31,39)(H,32,36)(H,33,38)/t19-,22-,23-/m0/s1. The van der Waals surface area contributed by atoms with Crippen LogP contribution in [0.1, 0.15) is 60.5 Å². The highest BCUT2D eigenvalue weighted by atomic mass is 16.6. The van der Waals surface area contributed by atoms with Crippen LogP contribution >= 0.6 is 0 Å². The number of rotatable bonds is 14. The second-order valence-corrected chi connectivity index (χ2v) is 11.2. The van der Waals surface area contributed by atoms with E-state index in [-0.39, 0.29) is 12.5 Å². The first-order valence-corrected chi connectivity index (χ1v) is 13.4. The van der Waals surface area contributed by atoms with E-state index in [1.165, 1.54) is 0 Å². The molecule has 0 radical (unpaired) electrons. The third-order valence-corrected chi connectivity index (χ3v) is 5.54. The maximum atomic E-state index is 13.3. The summed E-state index contributed by atoms with van der Waals surface area (Å²) in [6.45, 7) is 11.2. The summed E-state index contributed by atoms with van der Waals surface area (Å²) in [4.78, 5) is 75.2. The molecule has 1 aromatic carbocycles. The quantitative estimate of drug-likeness (QED) is 0.201. The summed E-state index contributed by atoms with van der Waals surface area (Å²) < 4.78 is 10.5. The molecule has 228 valence electrons. The number of esters is 1. The summed E-state index contributed by atoms with van der Waals surface area (Å²) in [7, 11) is 0. The second-order valence-electron chi connectivity index (χ2n) is 11.2. The van der Waals surface area contributed by atoms with E-state index in [9.17, 15) is 28.8 Å². The maximum Gasteiger partial charge on any atom is 0.408 e. The average molecular weight is 578 g/mol. The third-order valence-electron chi connectivity index (χ3n) is 5.54. The van der Waals surface area contributed by atoms with Crippen LogP contribution in [-0.4, -0.2) is 66.0 Å². The SMILES string of the molecule is CC(C)[C@H](NC(=O)[C@H](CC(=O)OC(C)(C)C)NC(=O)OCc1ccccc1)C(=O)N[C@H](C(=O)NCC(N)=O)C(C)C. The van der Waals surface area contributed by atoms with E-state index < -0.39 is 78.3 Å². The molecule has 1 aromatic rings. The number of ether oxygens (including phenoxy) is 2. The Morgan fingerprint density at radius 3 is 1.85 bits per heavy atom. The minimum Gasteiger partial charge on any atom is -0.460 e. The number of alkyl carbamates (subject to hydrolysis) is 1. The van der Waals surface area contributed by atoms with Gasteiger partial charge in [-0.1, -0.05) is 58.0 Å². The van der Waals surface area contributed by atoms with Gasteiger partial charge in [0.2, 0.25) is 23.6 Å². The third kappa shape index (κ3) is 13.6. The smallest absolute Gasteiger partial charge is 0.408 e. The Bertz CT molecular complexity index is 1070. The van der Waals surface area contributed by atoms with Crippen molar-refractivity contribution in [2.24, 2.45) is 17.6 Å². The van der Waals surface area contributed by atoms with Gasteiger partial charge in [-0.25, -0.2) is 4.79 Å². The van der Waals surface area contributed by atoms with E-state index >= 15 is 0 Å². The van der Waals surface area contributed by atoms with Crippen molar-refractivity contribution in [1.82, 2.24) is 21.3 Å². The molecule has 1 rings (SSSR count). The van der Waals surface area contributed by atoms with Gasteiger partial charge in [0.25, 0.3) is 0 Å². The van der Waals surface area contributed by atoms with Crippen LogP contribution in [0.4, 0.5) is 4.79 Å². The fourth-order valence-electron chi connectivity index (χ4n) is 3.52. The van der Waals surface area contributed by atoms with Crippen molar-refractivity contribution >= 4 is 35.7 Å². The van der Waals surface area contributed by atoms with E-state index in [1.807, 2.05) is 6.07 Å². The number of primary amides is 1. The zero-order valence-electron chi connectivity index (χ0n) is 24.7. The number of carbonyl (C=O) groups excluding carboxylic acids is 6. The molecule has 0 heterocycles. The van der Waals surface area contributed by atoms with Crippen molar-refractivity contribution in [3.05, 3.63) is 35.9 Å². The molecule has 13 nitrogen and oxygen atoms in total. The Morgan fingerprint density at radius 2 is 1.34 bits per heavy atom. The van der Waals surface area contributed by atoms with Gasteiger partial charge in [0, 0.05) is 0 Å². The number of carbonyl (C=O) groups is 6. The van der Waals surface area contributed by atoms with Crippen LogP contribution in [0.2, 0.25) is 0 Å². The van der Waals surface area contributed by atoms with Crippen molar-refractivity contribution in [1.29, 1.82) is 0 Å². The van der Waals surface area contributed by atoms with Gasteiger partial charge in [0.15, 0.2) is 0 Å². The average Bonchev–Trinajstić information content (AvgIpc) is 2.86. The number of hydrogen-bond donors (Lipinski definition) is 5. The van der Waals surface area contributed by atoms with Crippen molar-refractivity contribution in [3.63, 3.8) is 0 Å². The molecular formula is C28H43N5O8. The molecule has 0 saturated carbocycles. The lowest BCUT2D eigenvalue weighted by atomic mass is 9.99. The molecule has 0 fully saturated rings. The maximum absolute atomic E-state index is 13.3. The van der Waals surface area contributed by atoms with E-state index in [4.69, 9.17) is 15.2 Å². The number of nitrogens with one attached hydrogen (secondary N) is 4. The van der Waals surface area contributed by atoms with Crippen LogP contribution in [0.15, 0.2) is 30.3 Å². The van der Waals surface area contributed by atoms with Crippen molar-refractivity contribution in [2.45, 2.75) is 85.2 Å². The van der Waals surface area contributed by atoms with E-state index in [0.29, 0.717) is 5.56 Å². The van der Waals surface area contributed by atoms with E-state index in [2.05, 4.69) is 21.3 Å². The summed E-state index contributed by atoms with van der Waals surface area (Å²) >= 11 is 0. The minimum atomic E-state index is -1.43. The zero-order valence-corrected chi connectivity index (χ0v) is 24.7. The first-order valence-electron chi connectivity index (χ1n) is 13.4. The van der Waals surface area contributed by atoms with Crippen LogP contribution < -0.4 is 27.0 Å². The Balaban J connectivity index is 3.05. The van der Waals surface area contributed by atoms with E-state index in [1.54, 1.807) is 72.7 Å². The fraction of sp³-hybridized carbons (Fsp3) is 0.571. The molecule has 0 aliphatic rings. The van der Waals surface area contributed by atoms with Crippen molar-refractivity contribution in [2.75, 3.05) is 6.54 Å². The number of hydrogen-bond acceptors (Lipinski definition) is 8. The Hall–Kier alpha value is -4.16. The van der Waals surface area contributed by atoms with Gasteiger partial charge in [-0.2, -0.15) is 0 Å².